The molecule has 0 saturated heterocycles. The summed E-state index contributed by atoms with van der Waals surface area (Å²) in [7, 11) is 0. The summed E-state index contributed by atoms with van der Waals surface area (Å²) in [6.07, 6.45) is 7.62. The largest absolute Gasteiger partial charge is 0.477 e. The predicted molar refractivity (Wildman–Crippen MR) is 105 cm³/mol. The van der Waals surface area contributed by atoms with Gasteiger partial charge < -0.3 is 10.4 Å². The number of aliphatic carboxylic acids is 1. The fraction of sp³-hybridized carbons (Fsp3) is 0.333. The third-order valence-corrected chi connectivity index (χ3v) is 5.81. The van der Waals surface area contributed by atoms with Crippen molar-refractivity contribution in [2.75, 3.05) is 0 Å². The second-order valence-electron chi connectivity index (χ2n) is 6.67. The second kappa shape index (κ2) is 8.81. The van der Waals surface area contributed by atoms with Gasteiger partial charge in [-0.2, -0.15) is 0 Å². The van der Waals surface area contributed by atoms with E-state index >= 15 is 0 Å². The van der Waals surface area contributed by atoms with Gasteiger partial charge in [-0.25, -0.2) is 4.79 Å². The van der Waals surface area contributed by atoms with Crippen LogP contribution in [0.1, 0.15) is 43.4 Å². The Bertz CT molecular complexity index is 789. The van der Waals surface area contributed by atoms with Crippen LogP contribution < -0.4 is 5.32 Å². The average molecular weight is 369 g/mol. The fourth-order valence-corrected chi connectivity index (χ4v) is 4.29. The van der Waals surface area contributed by atoms with Gasteiger partial charge in [0.25, 0.3) is 0 Å². The van der Waals surface area contributed by atoms with Gasteiger partial charge in [0.05, 0.1) is 0 Å². The monoisotopic (exact) mass is 369 g/mol. The number of amides is 1. The number of carbonyl (C=O) groups is 2. The van der Waals surface area contributed by atoms with Crippen molar-refractivity contribution in [3.05, 3.63) is 53.0 Å². The maximum Gasteiger partial charge on any atom is 0.352 e. The average Bonchev–Trinajstić information content (AvgIpc) is 3.32. The summed E-state index contributed by atoms with van der Waals surface area (Å²) in [6, 6.07) is 13.8. The van der Waals surface area contributed by atoms with E-state index in [0.29, 0.717) is 12.3 Å². The summed E-state index contributed by atoms with van der Waals surface area (Å²) in [4.78, 5) is 25.5. The molecular formula is C21H23NO3S. The van der Waals surface area contributed by atoms with Gasteiger partial charge in [0.2, 0.25) is 5.91 Å². The van der Waals surface area contributed by atoms with E-state index in [1.807, 2.05) is 42.5 Å². The Morgan fingerprint density at radius 1 is 1.12 bits per heavy atom. The van der Waals surface area contributed by atoms with Gasteiger partial charge in [-0.15, -0.1) is 11.3 Å². The predicted octanol–water partition coefficient (Wildman–Crippen LogP) is 4.93. The van der Waals surface area contributed by atoms with Gasteiger partial charge in [-0.1, -0.05) is 56.0 Å². The van der Waals surface area contributed by atoms with Crippen molar-refractivity contribution in [2.24, 2.45) is 5.92 Å². The van der Waals surface area contributed by atoms with Gasteiger partial charge >= 0.3 is 5.97 Å². The molecule has 1 aliphatic carbocycles. The lowest BCUT2D eigenvalue weighted by atomic mass is 10.0. The van der Waals surface area contributed by atoms with Crippen molar-refractivity contribution in [1.29, 1.82) is 0 Å². The van der Waals surface area contributed by atoms with Gasteiger partial charge in [-0.05, 0) is 36.1 Å². The van der Waals surface area contributed by atoms with E-state index in [2.05, 4.69) is 5.32 Å². The van der Waals surface area contributed by atoms with Gasteiger partial charge in [0, 0.05) is 16.2 Å². The van der Waals surface area contributed by atoms with Crippen LogP contribution in [0.4, 0.5) is 0 Å². The van der Waals surface area contributed by atoms with Crippen molar-refractivity contribution in [2.45, 2.75) is 38.5 Å². The van der Waals surface area contributed by atoms with E-state index in [0.717, 1.165) is 21.7 Å². The topological polar surface area (TPSA) is 66.4 Å². The SMILES string of the molecule is O=C(CCC1CCCC1)N/C(=C/c1ccc(-c2ccccc2)s1)C(=O)O. The summed E-state index contributed by atoms with van der Waals surface area (Å²) < 4.78 is 0. The van der Waals surface area contributed by atoms with Crippen molar-refractivity contribution in [3.63, 3.8) is 0 Å². The van der Waals surface area contributed by atoms with Gasteiger partial charge in [-0.3, -0.25) is 4.79 Å². The lowest BCUT2D eigenvalue weighted by molar-refractivity contribution is -0.134. The van der Waals surface area contributed by atoms with Crippen LogP contribution in [-0.2, 0) is 9.59 Å². The molecule has 0 radical (unpaired) electrons. The highest BCUT2D eigenvalue weighted by molar-refractivity contribution is 7.16. The molecule has 26 heavy (non-hydrogen) atoms. The zero-order chi connectivity index (χ0) is 18.4. The summed E-state index contributed by atoms with van der Waals surface area (Å²) in [5, 5.41) is 12.0. The first-order valence-corrected chi connectivity index (χ1v) is 9.83. The van der Waals surface area contributed by atoms with Crippen molar-refractivity contribution >= 4 is 29.3 Å². The Hall–Kier alpha value is -2.40. The number of thiophene rings is 1. The molecule has 1 amide bonds. The molecule has 1 fully saturated rings. The molecule has 0 bridgehead atoms. The molecular weight excluding hydrogens is 346 g/mol. The number of carboxylic acids is 1. The molecule has 1 aromatic heterocycles. The lowest BCUT2D eigenvalue weighted by Crippen LogP contribution is -2.27. The van der Waals surface area contributed by atoms with Crippen LogP contribution in [0.5, 0.6) is 0 Å². The molecule has 0 atom stereocenters. The molecule has 1 heterocycles. The number of benzene rings is 1. The molecule has 0 aliphatic heterocycles. The maximum atomic E-state index is 12.1. The fourth-order valence-electron chi connectivity index (χ4n) is 3.33. The molecule has 5 heteroatoms. The highest BCUT2D eigenvalue weighted by atomic mass is 32.1. The van der Waals surface area contributed by atoms with E-state index in [4.69, 9.17) is 0 Å². The summed E-state index contributed by atoms with van der Waals surface area (Å²) in [5.74, 6) is -0.719. The smallest absolute Gasteiger partial charge is 0.352 e. The number of hydrogen-bond acceptors (Lipinski definition) is 3. The van der Waals surface area contributed by atoms with Crippen molar-refractivity contribution in [1.82, 2.24) is 5.32 Å². The normalized spacial score (nSPS) is 15.2. The van der Waals surface area contributed by atoms with E-state index < -0.39 is 5.97 Å². The first kappa shape index (κ1) is 18.4. The van der Waals surface area contributed by atoms with E-state index in [-0.39, 0.29) is 11.6 Å². The van der Waals surface area contributed by atoms with Gasteiger partial charge in [0.1, 0.15) is 5.70 Å². The number of nitrogens with one attached hydrogen (secondary N) is 1. The Labute approximate surface area is 157 Å². The minimum atomic E-state index is -1.12. The Morgan fingerprint density at radius 3 is 2.54 bits per heavy atom. The first-order chi connectivity index (χ1) is 12.6. The third kappa shape index (κ3) is 5.05. The number of carboxylic acid groups (broad SMARTS) is 1. The minimum absolute atomic E-state index is 0.0668. The second-order valence-corrected chi connectivity index (χ2v) is 7.78. The van der Waals surface area contributed by atoms with Crippen LogP contribution >= 0.6 is 11.3 Å². The van der Waals surface area contributed by atoms with Crippen LogP contribution in [0.15, 0.2) is 48.2 Å². The maximum absolute atomic E-state index is 12.1. The highest BCUT2D eigenvalue weighted by Gasteiger charge is 2.18. The van der Waals surface area contributed by atoms with Crippen LogP contribution in [0, 0.1) is 5.92 Å². The molecule has 136 valence electrons. The standard InChI is InChI=1S/C21H23NO3S/c23-20(13-10-15-6-4-5-7-15)22-18(21(24)25)14-17-11-12-19(26-17)16-8-2-1-3-9-16/h1-3,8-9,11-12,14-15H,4-7,10,13H2,(H,22,23)(H,24,25)/b18-14+. The Morgan fingerprint density at radius 2 is 1.85 bits per heavy atom. The number of hydrogen-bond donors (Lipinski definition) is 2. The molecule has 1 saturated carbocycles. The van der Waals surface area contributed by atoms with Gasteiger partial charge in [0.15, 0.2) is 0 Å². The summed E-state index contributed by atoms with van der Waals surface area (Å²) in [5.41, 5.74) is 1.03. The summed E-state index contributed by atoms with van der Waals surface area (Å²) in [6.45, 7) is 0. The summed E-state index contributed by atoms with van der Waals surface area (Å²) >= 11 is 1.50. The molecule has 3 rings (SSSR count). The molecule has 1 aromatic carbocycles. The zero-order valence-corrected chi connectivity index (χ0v) is 15.4. The minimum Gasteiger partial charge on any atom is -0.477 e. The van der Waals surface area contributed by atoms with E-state index in [9.17, 15) is 14.7 Å². The van der Waals surface area contributed by atoms with E-state index in [1.54, 1.807) is 0 Å². The lowest BCUT2D eigenvalue weighted by Gasteiger charge is -2.09. The highest BCUT2D eigenvalue weighted by Crippen LogP contribution is 2.30. The van der Waals surface area contributed by atoms with E-state index in [1.165, 1.54) is 43.1 Å². The zero-order valence-electron chi connectivity index (χ0n) is 14.6. The van der Waals surface area contributed by atoms with Crippen molar-refractivity contribution in [3.8, 4) is 10.4 Å². The molecule has 0 unspecified atom stereocenters. The van der Waals surface area contributed by atoms with Crippen molar-refractivity contribution < 1.29 is 14.7 Å². The first-order valence-electron chi connectivity index (χ1n) is 9.02. The number of rotatable bonds is 7. The quantitative estimate of drug-likeness (QED) is 0.680. The van der Waals surface area contributed by atoms with Crippen LogP contribution in [0.25, 0.3) is 16.5 Å². The number of carbonyl (C=O) groups excluding carboxylic acids is 1. The third-order valence-electron chi connectivity index (χ3n) is 4.73. The van der Waals surface area contributed by atoms with Crippen LogP contribution in [0.3, 0.4) is 0 Å². The Balaban J connectivity index is 1.64. The Kier molecular flexibility index (Phi) is 6.23. The molecule has 2 aromatic rings. The molecule has 4 nitrogen and oxygen atoms in total. The molecule has 2 N–H and O–H groups in total. The molecule has 1 aliphatic rings. The van der Waals surface area contributed by atoms with Crippen LogP contribution in [-0.4, -0.2) is 17.0 Å². The van der Waals surface area contributed by atoms with Crippen LogP contribution in [0.2, 0.25) is 0 Å². The molecule has 0 spiro atoms.